The molecular formula is C13H12FNO4S2. The second-order valence-electron chi connectivity index (χ2n) is 4.68. The van der Waals surface area contributed by atoms with Crippen LogP contribution in [0.5, 0.6) is 5.75 Å². The average Bonchev–Trinajstić information content (AvgIpc) is 2.86. The molecule has 8 heteroatoms. The molecule has 2 aromatic rings. The van der Waals surface area contributed by atoms with E-state index in [1.807, 2.05) is 0 Å². The SMILES string of the molecule is Cc1csc(S(=O)(=O)Cc2cc(F)cc3c2OCOC3)n1. The van der Waals surface area contributed by atoms with Gasteiger partial charge in [0.05, 0.1) is 12.4 Å². The maximum Gasteiger partial charge on any atom is 0.209 e. The van der Waals surface area contributed by atoms with Crippen molar-refractivity contribution in [2.24, 2.45) is 0 Å². The van der Waals surface area contributed by atoms with Crippen LogP contribution in [0.25, 0.3) is 0 Å². The summed E-state index contributed by atoms with van der Waals surface area (Å²) >= 11 is 1.06. The van der Waals surface area contributed by atoms with E-state index in [1.165, 1.54) is 12.1 Å². The van der Waals surface area contributed by atoms with Gasteiger partial charge in [-0.05, 0) is 19.1 Å². The summed E-state index contributed by atoms with van der Waals surface area (Å²) in [4.78, 5) is 3.98. The number of thiazole rings is 1. The zero-order chi connectivity index (χ0) is 15.0. The smallest absolute Gasteiger partial charge is 0.209 e. The number of hydrogen-bond acceptors (Lipinski definition) is 6. The molecule has 0 N–H and O–H groups in total. The molecule has 0 spiro atoms. The van der Waals surface area contributed by atoms with Crippen LogP contribution >= 0.6 is 11.3 Å². The second kappa shape index (κ2) is 5.36. The number of aryl methyl sites for hydroxylation is 1. The summed E-state index contributed by atoms with van der Waals surface area (Å²) in [7, 11) is -3.62. The van der Waals surface area contributed by atoms with Crippen LogP contribution in [0.4, 0.5) is 4.39 Å². The van der Waals surface area contributed by atoms with Gasteiger partial charge >= 0.3 is 0 Å². The first-order valence-electron chi connectivity index (χ1n) is 6.12. The van der Waals surface area contributed by atoms with Gasteiger partial charge in [0.1, 0.15) is 11.6 Å². The van der Waals surface area contributed by atoms with Crippen molar-refractivity contribution in [3.8, 4) is 5.75 Å². The van der Waals surface area contributed by atoms with Crippen LogP contribution in [0.15, 0.2) is 21.9 Å². The van der Waals surface area contributed by atoms with Gasteiger partial charge in [0, 0.05) is 22.2 Å². The third kappa shape index (κ3) is 2.92. The lowest BCUT2D eigenvalue weighted by molar-refractivity contribution is -0.0171. The summed E-state index contributed by atoms with van der Waals surface area (Å²) in [6, 6.07) is 2.47. The third-order valence-corrected chi connectivity index (χ3v) is 6.08. The highest BCUT2D eigenvalue weighted by Gasteiger charge is 2.24. The van der Waals surface area contributed by atoms with Crippen molar-refractivity contribution >= 4 is 21.2 Å². The van der Waals surface area contributed by atoms with Crippen molar-refractivity contribution in [2.75, 3.05) is 6.79 Å². The van der Waals surface area contributed by atoms with Crippen LogP contribution in [0.2, 0.25) is 0 Å². The van der Waals surface area contributed by atoms with Crippen LogP contribution in [0.3, 0.4) is 0 Å². The monoisotopic (exact) mass is 329 g/mol. The Bertz CT molecular complexity index is 785. The fraction of sp³-hybridized carbons (Fsp3) is 0.308. The molecule has 5 nitrogen and oxygen atoms in total. The zero-order valence-corrected chi connectivity index (χ0v) is 12.8. The summed E-state index contributed by atoms with van der Waals surface area (Å²) in [5.41, 5.74) is 1.45. The molecule has 0 radical (unpaired) electrons. The Morgan fingerprint density at radius 2 is 2.24 bits per heavy atom. The predicted octanol–water partition coefficient (Wildman–Crippen LogP) is 2.43. The molecule has 0 atom stereocenters. The Kier molecular flexibility index (Phi) is 3.68. The first-order chi connectivity index (χ1) is 9.95. The summed E-state index contributed by atoms with van der Waals surface area (Å²) in [5, 5.41) is 1.66. The summed E-state index contributed by atoms with van der Waals surface area (Å²) < 4.78 is 48.8. The van der Waals surface area contributed by atoms with Gasteiger partial charge in [-0.1, -0.05) is 0 Å². The molecule has 0 unspecified atom stereocenters. The van der Waals surface area contributed by atoms with Crippen LogP contribution in [0, 0.1) is 12.7 Å². The highest BCUT2D eigenvalue weighted by molar-refractivity contribution is 7.92. The molecule has 0 fully saturated rings. The predicted molar refractivity (Wildman–Crippen MR) is 74.4 cm³/mol. The Hall–Kier alpha value is -1.51. The van der Waals surface area contributed by atoms with E-state index in [9.17, 15) is 12.8 Å². The van der Waals surface area contributed by atoms with Gasteiger partial charge in [-0.25, -0.2) is 17.8 Å². The van der Waals surface area contributed by atoms with Crippen molar-refractivity contribution in [3.05, 3.63) is 40.2 Å². The van der Waals surface area contributed by atoms with Gasteiger partial charge in [-0.15, -0.1) is 11.3 Å². The lowest BCUT2D eigenvalue weighted by atomic mass is 10.1. The molecule has 0 saturated carbocycles. The van der Waals surface area contributed by atoms with Gasteiger partial charge in [-0.3, -0.25) is 0 Å². The maximum atomic E-state index is 13.6. The summed E-state index contributed by atoms with van der Waals surface area (Å²) in [6.45, 7) is 1.96. The highest BCUT2D eigenvalue weighted by Crippen LogP contribution is 2.32. The fourth-order valence-electron chi connectivity index (χ4n) is 2.11. The molecule has 0 bridgehead atoms. The number of fused-ring (bicyclic) bond motifs is 1. The molecular weight excluding hydrogens is 317 g/mol. The van der Waals surface area contributed by atoms with E-state index in [-0.39, 0.29) is 23.5 Å². The van der Waals surface area contributed by atoms with Crippen molar-refractivity contribution in [1.82, 2.24) is 4.98 Å². The molecule has 1 aromatic carbocycles. The maximum absolute atomic E-state index is 13.6. The number of halogens is 1. The van der Waals surface area contributed by atoms with E-state index in [4.69, 9.17) is 9.47 Å². The molecule has 21 heavy (non-hydrogen) atoms. The number of nitrogens with zero attached hydrogens (tertiary/aromatic N) is 1. The Morgan fingerprint density at radius 1 is 1.43 bits per heavy atom. The normalized spacial score (nSPS) is 14.6. The van der Waals surface area contributed by atoms with Gasteiger partial charge in [0.2, 0.25) is 14.2 Å². The minimum Gasteiger partial charge on any atom is -0.467 e. The van der Waals surface area contributed by atoms with Crippen LogP contribution in [-0.4, -0.2) is 20.2 Å². The van der Waals surface area contributed by atoms with E-state index in [0.29, 0.717) is 22.6 Å². The number of sulfone groups is 1. The van der Waals surface area contributed by atoms with E-state index in [1.54, 1.807) is 12.3 Å². The Morgan fingerprint density at radius 3 is 2.95 bits per heavy atom. The number of benzene rings is 1. The summed E-state index contributed by atoms with van der Waals surface area (Å²) in [5.74, 6) is -0.470. The van der Waals surface area contributed by atoms with Crippen molar-refractivity contribution < 1.29 is 22.3 Å². The topological polar surface area (TPSA) is 65.5 Å². The van der Waals surface area contributed by atoms with Crippen LogP contribution < -0.4 is 4.74 Å². The molecule has 3 rings (SSSR count). The van der Waals surface area contributed by atoms with Crippen molar-refractivity contribution in [3.63, 3.8) is 0 Å². The standard InChI is InChI=1S/C13H12FNO4S2/c1-8-5-20-13(15-8)21(16,17)6-10-3-11(14)2-9-4-18-7-19-12(9)10/h2-3,5H,4,6-7H2,1H3. The number of aromatic nitrogens is 1. The second-order valence-corrected chi connectivity index (χ2v) is 7.70. The Balaban J connectivity index is 2.00. The van der Waals surface area contributed by atoms with E-state index in [2.05, 4.69) is 4.98 Å². The fourth-order valence-corrected chi connectivity index (χ4v) is 4.56. The lowest BCUT2D eigenvalue weighted by Crippen LogP contribution is -2.15. The van der Waals surface area contributed by atoms with Crippen LogP contribution in [-0.2, 0) is 26.9 Å². The van der Waals surface area contributed by atoms with Gasteiger partial charge in [-0.2, -0.15) is 0 Å². The molecule has 1 aliphatic rings. The van der Waals surface area contributed by atoms with Gasteiger partial charge < -0.3 is 9.47 Å². The number of rotatable bonds is 3. The molecule has 0 amide bonds. The number of hydrogen-bond donors (Lipinski definition) is 0. The number of ether oxygens (including phenoxy) is 2. The molecule has 1 aliphatic heterocycles. The molecule has 1 aromatic heterocycles. The van der Waals surface area contributed by atoms with E-state index < -0.39 is 15.7 Å². The van der Waals surface area contributed by atoms with Crippen LogP contribution in [0.1, 0.15) is 16.8 Å². The van der Waals surface area contributed by atoms with Crippen molar-refractivity contribution in [2.45, 2.75) is 23.6 Å². The summed E-state index contributed by atoms with van der Waals surface area (Å²) in [6.07, 6.45) is 0. The Labute approximate surface area is 125 Å². The van der Waals surface area contributed by atoms with E-state index in [0.717, 1.165) is 11.3 Å². The highest BCUT2D eigenvalue weighted by atomic mass is 32.2. The molecule has 112 valence electrons. The largest absolute Gasteiger partial charge is 0.467 e. The minimum absolute atomic E-state index is 0.0298. The quantitative estimate of drug-likeness (QED) is 0.865. The molecule has 0 aliphatic carbocycles. The first-order valence-corrected chi connectivity index (χ1v) is 8.65. The lowest BCUT2D eigenvalue weighted by Gasteiger charge is -2.20. The van der Waals surface area contributed by atoms with Crippen molar-refractivity contribution in [1.29, 1.82) is 0 Å². The van der Waals surface area contributed by atoms with Gasteiger partial charge in [0.15, 0.2) is 6.79 Å². The first kappa shape index (κ1) is 14.4. The average molecular weight is 329 g/mol. The van der Waals surface area contributed by atoms with Gasteiger partial charge in [0.25, 0.3) is 0 Å². The van der Waals surface area contributed by atoms with E-state index >= 15 is 0 Å². The zero-order valence-electron chi connectivity index (χ0n) is 11.1. The minimum atomic E-state index is -3.62. The molecule has 2 heterocycles. The molecule has 0 saturated heterocycles. The third-order valence-electron chi connectivity index (χ3n) is 2.96.